The second kappa shape index (κ2) is 5.78. The van der Waals surface area contributed by atoms with Crippen molar-refractivity contribution in [1.29, 1.82) is 0 Å². The molecule has 2 atom stereocenters. The highest BCUT2D eigenvalue weighted by Crippen LogP contribution is 2.30. The van der Waals surface area contributed by atoms with Crippen molar-refractivity contribution in [3.63, 3.8) is 0 Å². The molecule has 3 heteroatoms. The van der Waals surface area contributed by atoms with E-state index in [0.29, 0.717) is 6.61 Å². The molecule has 1 aliphatic heterocycles. The lowest BCUT2D eigenvalue weighted by Gasteiger charge is -2.16. The molecule has 2 aromatic rings. The fourth-order valence-electron chi connectivity index (χ4n) is 2.68. The Hall–Kier alpha value is -2.00. The molecule has 0 spiro atoms. The Morgan fingerprint density at radius 1 is 1.29 bits per heavy atom. The molecule has 3 rings (SSSR count). The standard InChI is InChI=1S/C18H20O3/c1-12-7-8-17-14(9-12)10-15(21-17)11-20-18-6-4-3-5-16(18)13(2)19/h3-9,13,15,19H,10-11H2,1-2H3. The van der Waals surface area contributed by atoms with Gasteiger partial charge in [0.2, 0.25) is 0 Å². The smallest absolute Gasteiger partial charge is 0.137 e. The molecule has 1 N–H and O–H groups in total. The van der Waals surface area contributed by atoms with Gasteiger partial charge in [0.25, 0.3) is 0 Å². The molecule has 2 unspecified atom stereocenters. The molecule has 1 aliphatic rings. The highest BCUT2D eigenvalue weighted by Gasteiger charge is 2.23. The number of hydrogen-bond donors (Lipinski definition) is 1. The number of fused-ring (bicyclic) bond motifs is 1. The second-order valence-electron chi connectivity index (χ2n) is 5.58. The van der Waals surface area contributed by atoms with Crippen molar-refractivity contribution in [3.8, 4) is 11.5 Å². The summed E-state index contributed by atoms with van der Waals surface area (Å²) in [5, 5.41) is 9.76. The maximum absolute atomic E-state index is 9.76. The van der Waals surface area contributed by atoms with Gasteiger partial charge in [0.05, 0.1) is 6.10 Å². The minimum Gasteiger partial charge on any atom is -0.489 e. The molecule has 0 saturated heterocycles. The van der Waals surface area contributed by atoms with E-state index in [9.17, 15) is 5.11 Å². The Bertz CT molecular complexity index is 634. The molecular weight excluding hydrogens is 264 g/mol. The summed E-state index contributed by atoms with van der Waals surface area (Å²) in [5.41, 5.74) is 3.30. The van der Waals surface area contributed by atoms with Crippen LogP contribution in [-0.4, -0.2) is 17.8 Å². The van der Waals surface area contributed by atoms with Crippen LogP contribution in [0.3, 0.4) is 0 Å². The number of aryl methyl sites for hydroxylation is 1. The molecule has 0 aliphatic carbocycles. The summed E-state index contributed by atoms with van der Waals surface area (Å²) in [7, 11) is 0. The minimum absolute atomic E-state index is 0.0313. The zero-order valence-corrected chi connectivity index (χ0v) is 12.4. The lowest BCUT2D eigenvalue weighted by molar-refractivity contribution is 0.141. The van der Waals surface area contributed by atoms with Crippen molar-refractivity contribution in [2.24, 2.45) is 0 Å². The van der Waals surface area contributed by atoms with Crippen LogP contribution in [0, 0.1) is 6.92 Å². The maximum atomic E-state index is 9.76. The van der Waals surface area contributed by atoms with Gasteiger partial charge in [-0.25, -0.2) is 0 Å². The van der Waals surface area contributed by atoms with E-state index in [4.69, 9.17) is 9.47 Å². The highest BCUT2D eigenvalue weighted by molar-refractivity contribution is 5.40. The number of hydrogen-bond acceptors (Lipinski definition) is 3. The zero-order chi connectivity index (χ0) is 14.8. The second-order valence-corrected chi connectivity index (χ2v) is 5.58. The third-order valence-corrected chi connectivity index (χ3v) is 3.75. The van der Waals surface area contributed by atoms with Crippen LogP contribution >= 0.6 is 0 Å². The quantitative estimate of drug-likeness (QED) is 0.935. The normalized spacial score (nSPS) is 18.0. The van der Waals surface area contributed by atoms with Gasteiger partial charge in [-0.15, -0.1) is 0 Å². The lowest BCUT2D eigenvalue weighted by Crippen LogP contribution is -2.22. The average molecular weight is 284 g/mol. The molecule has 0 bridgehead atoms. The first-order chi connectivity index (χ1) is 10.1. The Kier molecular flexibility index (Phi) is 3.84. The van der Waals surface area contributed by atoms with Crippen LogP contribution in [0.25, 0.3) is 0 Å². The summed E-state index contributed by atoms with van der Waals surface area (Å²) in [6, 6.07) is 13.8. The van der Waals surface area contributed by atoms with Crippen molar-refractivity contribution >= 4 is 0 Å². The SMILES string of the molecule is Cc1ccc2c(c1)CC(COc1ccccc1C(C)O)O2. The molecule has 1 heterocycles. The van der Waals surface area contributed by atoms with Gasteiger partial charge < -0.3 is 14.6 Å². The zero-order valence-electron chi connectivity index (χ0n) is 12.4. The van der Waals surface area contributed by atoms with Gasteiger partial charge in [-0.1, -0.05) is 35.9 Å². The van der Waals surface area contributed by atoms with Crippen molar-refractivity contribution < 1.29 is 14.6 Å². The van der Waals surface area contributed by atoms with Crippen molar-refractivity contribution in [3.05, 3.63) is 59.2 Å². The Morgan fingerprint density at radius 3 is 2.90 bits per heavy atom. The third kappa shape index (κ3) is 3.03. The fourth-order valence-corrected chi connectivity index (χ4v) is 2.68. The minimum atomic E-state index is -0.537. The number of rotatable bonds is 4. The van der Waals surface area contributed by atoms with Crippen LogP contribution in [0.4, 0.5) is 0 Å². The van der Waals surface area contributed by atoms with Crippen LogP contribution in [0.5, 0.6) is 11.5 Å². The Balaban J connectivity index is 1.65. The van der Waals surface area contributed by atoms with Crippen LogP contribution in [0.2, 0.25) is 0 Å². The van der Waals surface area contributed by atoms with Gasteiger partial charge in [0.15, 0.2) is 0 Å². The Labute approximate surface area is 125 Å². The van der Waals surface area contributed by atoms with Crippen LogP contribution < -0.4 is 9.47 Å². The van der Waals surface area contributed by atoms with Gasteiger partial charge in [-0.3, -0.25) is 0 Å². The molecule has 3 nitrogen and oxygen atoms in total. The first kappa shape index (κ1) is 14.0. The van der Waals surface area contributed by atoms with Crippen LogP contribution in [-0.2, 0) is 6.42 Å². The summed E-state index contributed by atoms with van der Waals surface area (Å²) in [6.07, 6.45) is 0.364. The molecule has 0 saturated carbocycles. The van der Waals surface area contributed by atoms with Gasteiger partial charge in [-0.05, 0) is 31.5 Å². The van der Waals surface area contributed by atoms with Gasteiger partial charge in [0, 0.05) is 12.0 Å². The molecule has 110 valence electrons. The summed E-state index contributed by atoms with van der Waals surface area (Å²) >= 11 is 0. The lowest BCUT2D eigenvalue weighted by atomic mass is 10.1. The molecule has 0 fully saturated rings. The number of para-hydroxylation sites is 1. The number of aliphatic hydroxyl groups excluding tert-OH is 1. The molecule has 0 amide bonds. The molecule has 0 radical (unpaired) electrons. The number of benzene rings is 2. The van der Waals surface area contributed by atoms with Gasteiger partial charge in [-0.2, -0.15) is 0 Å². The number of aliphatic hydroxyl groups is 1. The van der Waals surface area contributed by atoms with E-state index < -0.39 is 6.10 Å². The van der Waals surface area contributed by atoms with Gasteiger partial charge in [0.1, 0.15) is 24.2 Å². The van der Waals surface area contributed by atoms with E-state index in [1.54, 1.807) is 6.92 Å². The fraction of sp³-hybridized carbons (Fsp3) is 0.333. The maximum Gasteiger partial charge on any atom is 0.137 e. The Morgan fingerprint density at radius 2 is 2.10 bits per heavy atom. The van der Waals surface area contributed by atoms with E-state index in [2.05, 4.69) is 19.1 Å². The average Bonchev–Trinajstić information content (AvgIpc) is 2.87. The molecule has 21 heavy (non-hydrogen) atoms. The van der Waals surface area contributed by atoms with Crippen LogP contribution in [0.15, 0.2) is 42.5 Å². The van der Waals surface area contributed by atoms with Crippen molar-refractivity contribution in [1.82, 2.24) is 0 Å². The van der Waals surface area contributed by atoms with Crippen LogP contribution in [0.1, 0.15) is 29.7 Å². The van der Waals surface area contributed by atoms with E-state index in [1.807, 2.05) is 30.3 Å². The predicted molar refractivity (Wildman–Crippen MR) is 81.9 cm³/mol. The molecule has 2 aromatic carbocycles. The highest BCUT2D eigenvalue weighted by atomic mass is 16.5. The summed E-state index contributed by atoms with van der Waals surface area (Å²) in [6.45, 7) is 4.31. The summed E-state index contributed by atoms with van der Waals surface area (Å²) in [4.78, 5) is 0. The number of ether oxygens (including phenoxy) is 2. The summed E-state index contributed by atoms with van der Waals surface area (Å²) < 4.78 is 11.8. The summed E-state index contributed by atoms with van der Waals surface area (Å²) in [5.74, 6) is 1.68. The van der Waals surface area contributed by atoms with Crippen molar-refractivity contribution in [2.75, 3.05) is 6.61 Å². The topological polar surface area (TPSA) is 38.7 Å². The van der Waals surface area contributed by atoms with E-state index in [1.165, 1.54) is 11.1 Å². The first-order valence-corrected chi connectivity index (χ1v) is 7.29. The molecule has 0 aromatic heterocycles. The van der Waals surface area contributed by atoms with Crippen molar-refractivity contribution in [2.45, 2.75) is 32.5 Å². The predicted octanol–water partition coefficient (Wildman–Crippen LogP) is 3.43. The third-order valence-electron chi connectivity index (χ3n) is 3.75. The van der Waals surface area contributed by atoms with E-state index in [0.717, 1.165) is 23.5 Å². The van der Waals surface area contributed by atoms with E-state index >= 15 is 0 Å². The first-order valence-electron chi connectivity index (χ1n) is 7.29. The van der Waals surface area contributed by atoms with Gasteiger partial charge >= 0.3 is 0 Å². The molecular formula is C18H20O3. The van der Waals surface area contributed by atoms with E-state index in [-0.39, 0.29) is 6.10 Å². The monoisotopic (exact) mass is 284 g/mol. The largest absolute Gasteiger partial charge is 0.489 e.